The third-order valence-corrected chi connectivity index (χ3v) is 3.65. The molecule has 1 aromatic carbocycles. The highest BCUT2D eigenvalue weighted by Crippen LogP contribution is 2.24. The zero-order valence-electron chi connectivity index (χ0n) is 12.4. The van der Waals surface area contributed by atoms with Gasteiger partial charge in [-0.3, -0.25) is 0 Å². The van der Waals surface area contributed by atoms with Gasteiger partial charge in [0.2, 0.25) is 11.8 Å². The summed E-state index contributed by atoms with van der Waals surface area (Å²) in [7, 11) is 1.66. The van der Waals surface area contributed by atoms with Crippen LogP contribution in [0.5, 0.6) is 5.88 Å². The van der Waals surface area contributed by atoms with Gasteiger partial charge < -0.3 is 15.4 Å². The van der Waals surface area contributed by atoms with Crippen LogP contribution in [0.2, 0.25) is 0 Å². The fourth-order valence-electron chi connectivity index (χ4n) is 2.50. The highest BCUT2D eigenvalue weighted by molar-refractivity contribution is 5.55. The van der Waals surface area contributed by atoms with E-state index >= 15 is 0 Å². The van der Waals surface area contributed by atoms with Crippen LogP contribution in [0.1, 0.15) is 16.8 Å². The van der Waals surface area contributed by atoms with Gasteiger partial charge in [-0.2, -0.15) is 4.98 Å². The summed E-state index contributed by atoms with van der Waals surface area (Å²) in [6.07, 6.45) is 1.81. The number of benzene rings is 1. The number of aryl methyl sites for hydroxylation is 1. The maximum absolute atomic E-state index is 5.45. The lowest BCUT2D eigenvalue weighted by Gasteiger charge is -2.13. The number of methoxy groups -OCH3 is 1. The molecule has 0 fully saturated rings. The summed E-state index contributed by atoms with van der Waals surface area (Å²) in [4.78, 5) is 9.15. The molecule has 21 heavy (non-hydrogen) atoms. The van der Waals surface area contributed by atoms with Crippen LogP contribution in [0, 0.1) is 6.92 Å². The molecule has 0 atom stereocenters. The zero-order valence-corrected chi connectivity index (χ0v) is 12.4. The Kier molecular flexibility index (Phi) is 4.01. The lowest BCUT2D eigenvalue weighted by molar-refractivity contribution is 0.391. The third-order valence-electron chi connectivity index (χ3n) is 3.65. The summed E-state index contributed by atoms with van der Waals surface area (Å²) in [5.41, 5.74) is 4.40. The van der Waals surface area contributed by atoms with Crippen LogP contribution >= 0.6 is 0 Å². The van der Waals surface area contributed by atoms with Crippen molar-refractivity contribution in [2.75, 3.05) is 25.5 Å². The quantitative estimate of drug-likeness (QED) is 0.905. The van der Waals surface area contributed by atoms with Crippen molar-refractivity contribution >= 4 is 11.6 Å². The maximum atomic E-state index is 5.45. The SMILES string of the molecule is COc1nc(Nc2ccc(C)cc2)nc2c1CCNCC2. The third kappa shape index (κ3) is 3.13. The van der Waals surface area contributed by atoms with Crippen LogP contribution in [0.4, 0.5) is 11.6 Å². The molecular formula is C16H20N4O. The first-order valence-electron chi connectivity index (χ1n) is 7.24. The van der Waals surface area contributed by atoms with Gasteiger partial charge in [-0.05, 0) is 32.0 Å². The van der Waals surface area contributed by atoms with E-state index in [9.17, 15) is 0 Å². The molecule has 110 valence electrons. The number of hydrogen-bond acceptors (Lipinski definition) is 5. The summed E-state index contributed by atoms with van der Waals surface area (Å²) in [6, 6.07) is 8.18. The van der Waals surface area contributed by atoms with Gasteiger partial charge in [0.25, 0.3) is 0 Å². The molecule has 2 aromatic rings. The van der Waals surface area contributed by atoms with Crippen molar-refractivity contribution < 1.29 is 4.74 Å². The second kappa shape index (κ2) is 6.10. The normalized spacial score (nSPS) is 14.2. The standard InChI is InChI=1S/C16H20N4O/c1-11-3-5-12(6-4-11)18-16-19-14-8-10-17-9-7-13(14)15(20-16)21-2/h3-6,17H,7-10H2,1-2H3,(H,18,19,20). The Hall–Kier alpha value is -2.14. The molecule has 0 amide bonds. The zero-order chi connectivity index (χ0) is 14.7. The molecule has 0 radical (unpaired) electrons. The van der Waals surface area contributed by atoms with Gasteiger partial charge in [0.05, 0.1) is 12.8 Å². The van der Waals surface area contributed by atoms with Gasteiger partial charge in [-0.1, -0.05) is 17.7 Å². The number of nitrogens with zero attached hydrogens (tertiary/aromatic N) is 2. The first kappa shape index (κ1) is 13.8. The monoisotopic (exact) mass is 284 g/mol. The molecule has 5 nitrogen and oxygen atoms in total. The average Bonchev–Trinajstić information content (AvgIpc) is 2.74. The second-order valence-electron chi connectivity index (χ2n) is 5.22. The molecule has 1 aromatic heterocycles. The van der Waals surface area contributed by atoms with Gasteiger partial charge in [0.15, 0.2) is 0 Å². The molecule has 1 aliphatic heterocycles. The Morgan fingerprint density at radius 3 is 2.62 bits per heavy atom. The highest BCUT2D eigenvalue weighted by Gasteiger charge is 2.17. The Morgan fingerprint density at radius 2 is 1.86 bits per heavy atom. The molecule has 3 rings (SSSR count). The second-order valence-corrected chi connectivity index (χ2v) is 5.22. The molecule has 0 unspecified atom stereocenters. The highest BCUT2D eigenvalue weighted by atomic mass is 16.5. The molecule has 0 aliphatic carbocycles. The molecule has 5 heteroatoms. The number of anilines is 2. The van der Waals surface area contributed by atoms with Crippen LogP contribution in [0.15, 0.2) is 24.3 Å². The Morgan fingerprint density at radius 1 is 1.10 bits per heavy atom. The van der Waals surface area contributed by atoms with E-state index in [1.807, 2.05) is 12.1 Å². The van der Waals surface area contributed by atoms with E-state index < -0.39 is 0 Å². The maximum Gasteiger partial charge on any atom is 0.230 e. The van der Waals surface area contributed by atoms with Crippen molar-refractivity contribution in [3.63, 3.8) is 0 Å². The van der Waals surface area contributed by atoms with E-state index in [0.29, 0.717) is 11.8 Å². The Labute approximate surface area is 124 Å². The molecule has 2 N–H and O–H groups in total. The number of aromatic nitrogens is 2. The molecule has 0 bridgehead atoms. The van der Waals surface area contributed by atoms with Gasteiger partial charge in [-0.15, -0.1) is 0 Å². The van der Waals surface area contributed by atoms with E-state index in [-0.39, 0.29) is 0 Å². The van der Waals surface area contributed by atoms with Crippen molar-refractivity contribution in [1.29, 1.82) is 0 Å². The summed E-state index contributed by atoms with van der Waals surface area (Å²) >= 11 is 0. The number of nitrogens with one attached hydrogen (secondary N) is 2. The van der Waals surface area contributed by atoms with Gasteiger partial charge >= 0.3 is 0 Å². The topological polar surface area (TPSA) is 59.1 Å². The number of hydrogen-bond donors (Lipinski definition) is 2. The van der Waals surface area contributed by atoms with Gasteiger partial charge in [0.1, 0.15) is 0 Å². The first-order valence-corrected chi connectivity index (χ1v) is 7.24. The van der Waals surface area contributed by atoms with E-state index in [1.54, 1.807) is 7.11 Å². The number of fused-ring (bicyclic) bond motifs is 1. The van der Waals surface area contributed by atoms with Crippen LogP contribution in [-0.4, -0.2) is 30.2 Å². The van der Waals surface area contributed by atoms with Crippen molar-refractivity contribution in [2.45, 2.75) is 19.8 Å². The summed E-state index contributed by atoms with van der Waals surface area (Å²) in [5, 5.41) is 6.63. The van der Waals surface area contributed by atoms with E-state index in [1.165, 1.54) is 5.56 Å². The number of rotatable bonds is 3. The van der Waals surface area contributed by atoms with Crippen LogP contribution in [0.25, 0.3) is 0 Å². The van der Waals surface area contributed by atoms with Crippen molar-refractivity contribution in [3.05, 3.63) is 41.1 Å². The van der Waals surface area contributed by atoms with Crippen molar-refractivity contribution in [2.24, 2.45) is 0 Å². The van der Waals surface area contributed by atoms with E-state index in [0.717, 1.165) is 42.9 Å². The largest absolute Gasteiger partial charge is 0.481 e. The molecule has 0 saturated heterocycles. The summed E-state index contributed by atoms with van der Waals surface area (Å²) < 4.78 is 5.45. The van der Waals surface area contributed by atoms with E-state index in [4.69, 9.17) is 4.74 Å². The predicted molar refractivity (Wildman–Crippen MR) is 83.3 cm³/mol. The minimum Gasteiger partial charge on any atom is -0.481 e. The van der Waals surface area contributed by atoms with E-state index in [2.05, 4.69) is 39.7 Å². The van der Waals surface area contributed by atoms with Crippen molar-refractivity contribution in [1.82, 2.24) is 15.3 Å². The fraction of sp³-hybridized carbons (Fsp3) is 0.375. The van der Waals surface area contributed by atoms with Gasteiger partial charge in [0, 0.05) is 24.2 Å². The molecule has 2 heterocycles. The van der Waals surface area contributed by atoms with Gasteiger partial charge in [-0.25, -0.2) is 4.98 Å². The summed E-state index contributed by atoms with van der Waals surface area (Å²) in [6.45, 7) is 3.95. The molecule has 1 aliphatic rings. The Bertz CT molecular complexity index is 625. The minimum atomic E-state index is 0.594. The van der Waals surface area contributed by atoms with Crippen LogP contribution < -0.4 is 15.4 Å². The smallest absolute Gasteiger partial charge is 0.230 e. The van der Waals surface area contributed by atoms with Crippen LogP contribution in [-0.2, 0) is 12.8 Å². The van der Waals surface area contributed by atoms with Crippen LogP contribution in [0.3, 0.4) is 0 Å². The lowest BCUT2D eigenvalue weighted by atomic mass is 10.1. The van der Waals surface area contributed by atoms with Crippen molar-refractivity contribution in [3.8, 4) is 5.88 Å². The Balaban J connectivity index is 1.92. The predicted octanol–water partition coefficient (Wildman–Crippen LogP) is 2.23. The summed E-state index contributed by atoms with van der Waals surface area (Å²) in [5.74, 6) is 1.27. The minimum absolute atomic E-state index is 0.594. The molecule has 0 saturated carbocycles. The fourth-order valence-corrected chi connectivity index (χ4v) is 2.50. The molecule has 0 spiro atoms. The average molecular weight is 284 g/mol. The number of ether oxygens (including phenoxy) is 1. The lowest BCUT2D eigenvalue weighted by Crippen LogP contribution is -2.16. The first-order chi connectivity index (χ1) is 10.3. The molecular weight excluding hydrogens is 264 g/mol.